The standard InChI is InChI=1S/C24H32FN3O2/c1-17(2)13-23(29)27-24(22-8-4-5-11-26-22)19-7-6-12-28(16-19)15-18-9-10-20(30-3)14-21(18)25/h4-5,8-11,14,17,19,24H,6-7,12-13,15-16H2,1-3H3,(H,27,29)/t19-,24-/m0/s1. The van der Waals surface area contributed by atoms with Crippen molar-refractivity contribution >= 4 is 5.91 Å². The van der Waals surface area contributed by atoms with Gasteiger partial charge in [-0.3, -0.25) is 14.7 Å². The van der Waals surface area contributed by atoms with Gasteiger partial charge in [-0.05, 0) is 49.4 Å². The fraction of sp³-hybridized carbons (Fsp3) is 0.500. The number of pyridine rings is 1. The van der Waals surface area contributed by atoms with E-state index in [9.17, 15) is 9.18 Å². The van der Waals surface area contributed by atoms with Crippen molar-refractivity contribution in [3.8, 4) is 5.75 Å². The molecule has 2 atom stereocenters. The number of halogens is 1. The molecule has 1 fully saturated rings. The third-order valence-corrected chi connectivity index (χ3v) is 5.58. The van der Waals surface area contributed by atoms with Gasteiger partial charge in [-0.15, -0.1) is 0 Å². The molecule has 1 aliphatic rings. The van der Waals surface area contributed by atoms with Gasteiger partial charge < -0.3 is 10.1 Å². The number of hydrogen-bond acceptors (Lipinski definition) is 4. The molecule has 0 saturated carbocycles. The molecule has 0 bridgehead atoms. The van der Waals surface area contributed by atoms with Gasteiger partial charge in [0.1, 0.15) is 11.6 Å². The zero-order valence-corrected chi connectivity index (χ0v) is 18.1. The zero-order valence-electron chi connectivity index (χ0n) is 18.1. The lowest BCUT2D eigenvalue weighted by atomic mass is 9.88. The first-order valence-electron chi connectivity index (χ1n) is 10.7. The van der Waals surface area contributed by atoms with Crippen molar-refractivity contribution in [2.75, 3.05) is 20.2 Å². The van der Waals surface area contributed by atoms with Crippen molar-refractivity contribution < 1.29 is 13.9 Å². The average Bonchev–Trinajstić information content (AvgIpc) is 2.74. The Morgan fingerprint density at radius 3 is 2.83 bits per heavy atom. The summed E-state index contributed by atoms with van der Waals surface area (Å²) >= 11 is 0. The second kappa shape index (κ2) is 10.5. The quantitative estimate of drug-likeness (QED) is 0.699. The lowest BCUT2D eigenvalue weighted by Crippen LogP contribution is -2.43. The van der Waals surface area contributed by atoms with Crippen LogP contribution in [0.15, 0.2) is 42.6 Å². The Labute approximate surface area is 178 Å². The van der Waals surface area contributed by atoms with Crippen LogP contribution in [0.4, 0.5) is 4.39 Å². The predicted molar refractivity (Wildman–Crippen MR) is 116 cm³/mol. The maximum atomic E-state index is 14.4. The minimum absolute atomic E-state index is 0.0546. The number of nitrogens with zero attached hydrogens (tertiary/aromatic N) is 2. The van der Waals surface area contributed by atoms with Gasteiger partial charge in [0.05, 0.1) is 18.8 Å². The van der Waals surface area contributed by atoms with E-state index in [0.717, 1.165) is 31.6 Å². The minimum atomic E-state index is -0.247. The number of likely N-dealkylation sites (tertiary alicyclic amines) is 1. The Bertz CT molecular complexity index is 828. The van der Waals surface area contributed by atoms with Crippen LogP contribution >= 0.6 is 0 Å². The number of rotatable bonds is 8. The molecule has 30 heavy (non-hydrogen) atoms. The summed E-state index contributed by atoms with van der Waals surface area (Å²) in [5, 5.41) is 3.23. The molecular weight excluding hydrogens is 381 g/mol. The average molecular weight is 414 g/mol. The smallest absolute Gasteiger partial charge is 0.220 e. The van der Waals surface area contributed by atoms with Gasteiger partial charge >= 0.3 is 0 Å². The number of benzene rings is 1. The molecule has 0 spiro atoms. The van der Waals surface area contributed by atoms with Crippen LogP contribution in [0.5, 0.6) is 5.75 Å². The Morgan fingerprint density at radius 2 is 2.17 bits per heavy atom. The predicted octanol–water partition coefficient (Wildman–Crippen LogP) is 4.34. The molecule has 1 N–H and O–H groups in total. The maximum Gasteiger partial charge on any atom is 0.220 e. The van der Waals surface area contributed by atoms with Crippen molar-refractivity contribution in [3.63, 3.8) is 0 Å². The molecular formula is C24H32FN3O2. The van der Waals surface area contributed by atoms with Crippen molar-refractivity contribution in [1.29, 1.82) is 0 Å². The molecule has 1 aromatic heterocycles. The highest BCUT2D eigenvalue weighted by atomic mass is 19.1. The molecule has 0 unspecified atom stereocenters. The fourth-order valence-corrected chi connectivity index (χ4v) is 4.13. The molecule has 2 heterocycles. The molecule has 5 nitrogen and oxygen atoms in total. The Morgan fingerprint density at radius 1 is 1.33 bits per heavy atom. The second-order valence-electron chi connectivity index (χ2n) is 8.49. The summed E-state index contributed by atoms with van der Waals surface area (Å²) in [6.45, 7) is 6.33. The number of amides is 1. The molecule has 3 rings (SSSR count). The molecule has 1 amide bonds. The van der Waals surface area contributed by atoms with Crippen molar-refractivity contribution in [3.05, 3.63) is 59.7 Å². The van der Waals surface area contributed by atoms with Crippen molar-refractivity contribution in [2.45, 2.75) is 45.7 Å². The number of carbonyl (C=O) groups excluding carboxylic acids is 1. The van der Waals surface area contributed by atoms with Crippen LogP contribution in [-0.4, -0.2) is 36.0 Å². The first-order valence-corrected chi connectivity index (χ1v) is 10.7. The number of nitrogens with one attached hydrogen (secondary N) is 1. The van der Waals surface area contributed by atoms with E-state index in [4.69, 9.17) is 4.74 Å². The van der Waals surface area contributed by atoms with E-state index in [0.29, 0.717) is 30.2 Å². The van der Waals surface area contributed by atoms with Crippen LogP contribution < -0.4 is 10.1 Å². The molecule has 2 aromatic rings. The fourth-order valence-electron chi connectivity index (χ4n) is 4.13. The van der Waals surface area contributed by atoms with Gasteiger partial charge in [-0.2, -0.15) is 0 Å². The number of piperidine rings is 1. The van der Waals surface area contributed by atoms with Gasteiger partial charge in [-0.1, -0.05) is 26.0 Å². The van der Waals surface area contributed by atoms with Gasteiger partial charge in [-0.25, -0.2) is 4.39 Å². The first-order chi connectivity index (χ1) is 14.5. The van der Waals surface area contributed by atoms with Crippen LogP contribution in [0.2, 0.25) is 0 Å². The summed E-state index contributed by atoms with van der Waals surface area (Å²) in [6.07, 6.45) is 4.28. The van der Waals surface area contributed by atoms with E-state index < -0.39 is 0 Å². The Kier molecular flexibility index (Phi) is 7.80. The van der Waals surface area contributed by atoms with Crippen LogP contribution in [0, 0.1) is 17.7 Å². The van der Waals surface area contributed by atoms with E-state index in [1.165, 1.54) is 13.2 Å². The van der Waals surface area contributed by atoms with Gasteiger partial charge in [0, 0.05) is 37.3 Å². The lowest BCUT2D eigenvalue weighted by molar-refractivity contribution is -0.123. The van der Waals surface area contributed by atoms with Crippen LogP contribution in [0.1, 0.15) is 50.4 Å². The summed E-state index contributed by atoms with van der Waals surface area (Å²) in [7, 11) is 1.54. The molecule has 1 aromatic carbocycles. The van der Waals surface area contributed by atoms with E-state index in [1.807, 2.05) is 32.0 Å². The second-order valence-corrected chi connectivity index (χ2v) is 8.49. The van der Waals surface area contributed by atoms with Crippen molar-refractivity contribution in [1.82, 2.24) is 15.2 Å². The number of carbonyl (C=O) groups is 1. The van der Waals surface area contributed by atoms with E-state index in [-0.39, 0.29) is 23.7 Å². The lowest BCUT2D eigenvalue weighted by Gasteiger charge is -2.37. The van der Waals surface area contributed by atoms with E-state index in [1.54, 1.807) is 18.3 Å². The molecule has 1 aliphatic heterocycles. The van der Waals surface area contributed by atoms with Gasteiger partial charge in [0.15, 0.2) is 0 Å². The molecule has 1 saturated heterocycles. The van der Waals surface area contributed by atoms with Crippen molar-refractivity contribution in [2.24, 2.45) is 11.8 Å². The molecule has 0 radical (unpaired) electrons. The molecule has 0 aliphatic carbocycles. The van der Waals surface area contributed by atoms with Crippen LogP contribution in [-0.2, 0) is 11.3 Å². The number of ether oxygens (including phenoxy) is 1. The Hall–Kier alpha value is -2.47. The van der Waals surface area contributed by atoms with Crippen LogP contribution in [0.25, 0.3) is 0 Å². The van der Waals surface area contributed by atoms with Crippen LogP contribution in [0.3, 0.4) is 0 Å². The van der Waals surface area contributed by atoms with Gasteiger partial charge in [0.25, 0.3) is 0 Å². The minimum Gasteiger partial charge on any atom is -0.497 e. The topological polar surface area (TPSA) is 54.5 Å². The third-order valence-electron chi connectivity index (χ3n) is 5.58. The number of hydrogen-bond donors (Lipinski definition) is 1. The molecule has 6 heteroatoms. The maximum absolute atomic E-state index is 14.4. The normalized spacial score (nSPS) is 18.2. The summed E-state index contributed by atoms with van der Waals surface area (Å²) in [6, 6.07) is 10.7. The highest BCUT2D eigenvalue weighted by Gasteiger charge is 2.30. The highest BCUT2D eigenvalue weighted by molar-refractivity contribution is 5.76. The molecule has 162 valence electrons. The summed E-state index contributed by atoms with van der Waals surface area (Å²) in [4.78, 5) is 19.3. The third kappa shape index (κ3) is 6.02. The highest BCUT2D eigenvalue weighted by Crippen LogP contribution is 2.30. The van der Waals surface area contributed by atoms with Gasteiger partial charge in [0.2, 0.25) is 5.91 Å². The SMILES string of the molecule is COc1ccc(CN2CCC[C@H]([C@H](NC(=O)CC(C)C)c3ccccn3)C2)c(F)c1. The Balaban J connectivity index is 1.73. The summed E-state index contributed by atoms with van der Waals surface area (Å²) < 4.78 is 19.5. The summed E-state index contributed by atoms with van der Waals surface area (Å²) in [5.74, 6) is 0.860. The zero-order chi connectivity index (χ0) is 21.5. The monoisotopic (exact) mass is 413 g/mol. The first kappa shape index (κ1) is 22.2. The number of methoxy groups -OCH3 is 1. The largest absolute Gasteiger partial charge is 0.497 e. The number of aromatic nitrogens is 1. The van der Waals surface area contributed by atoms with E-state index >= 15 is 0 Å². The van der Waals surface area contributed by atoms with E-state index in [2.05, 4.69) is 15.2 Å². The summed E-state index contributed by atoms with van der Waals surface area (Å²) in [5.41, 5.74) is 1.55.